The molecule has 0 aromatic heterocycles. The first-order valence-corrected chi connectivity index (χ1v) is 9.46. The summed E-state index contributed by atoms with van der Waals surface area (Å²) in [5.41, 5.74) is 3.41. The molecule has 0 unspecified atom stereocenters. The summed E-state index contributed by atoms with van der Waals surface area (Å²) in [5.74, 6) is 0.0506. The number of hydrogen-bond donors (Lipinski definition) is 2. The Morgan fingerprint density at radius 1 is 1.10 bits per heavy atom. The lowest BCUT2D eigenvalue weighted by Gasteiger charge is -2.23. The van der Waals surface area contributed by atoms with E-state index in [4.69, 9.17) is 10.00 Å². The molecule has 2 aromatic rings. The third-order valence-electron chi connectivity index (χ3n) is 4.31. The molecule has 0 aliphatic heterocycles. The van der Waals surface area contributed by atoms with Crippen LogP contribution in [0.15, 0.2) is 42.5 Å². The number of ether oxygens (including phenoxy) is 1. The first-order chi connectivity index (χ1) is 13.7. The number of hydrogen-bond acceptors (Lipinski definition) is 4. The molecule has 0 heterocycles. The van der Waals surface area contributed by atoms with Crippen LogP contribution in [0.2, 0.25) is 0 Å². The average Bonchev–Trinajstić information content (AvgIpc) is 2.65. The van der Waals surface area contributed by atoms with Gasteiger partial charge in [-0.15, -0.1) is 0 Å². The van der Waals surface area contributed by atoms with Gasteiger partial charge in [0.2, 0.25) is 5.91 Å². The number of nitrogens with zero attached hydrogens (tertiary/aromatic N) is 1. The molecule has 6 nitrogen and oxygen atoms in total. The Morgan fingerprint density at radius 3 is 2.52 bits per heavy atom. The van der Waals surface area contributed by atoms with Gasteiger partial charge in [0, 0.05) is 12.2 Å². The van der Waals surface area contributed by atoms with Crippen molar-refractivity contribution >= 4 is 17.5 Å². The average molecular weight is 393 g/mol. The zero-order chi connectivity index (χ0) is 21.4. The van der Waals surface area contributed by atoms with E-state index in [0.717, 1.165) is 16.7 Å². The molecule has 6 heteroatoms. The summed E-state index contributed by atoms with van der Waals surface area (Å²) in [7, 11) is 0. The maximum Gasteiger partial charge on any atom is 0.258 e. The van der Waals surface area contributed by atoms with E-state index in [0.29, 0.717) is 11.4 Å². The van der Waals surface area contributed by atoms with E-state index in [1.807, 2.05) is 31.2 Å². The number of aryl methyl sites for hydroxylation is 1. The number of carbonyl (C=O) groups excluding carboxylic acids is 2. The van der Waals surface area contributed by atoms with E-state index < -0.39 is 0 Å². The van der Waals surface area contributed by atoms with Gasteiger partial charge >= 0.3 is 0 Å². The Hall–Kier alpha value is -3.33. The van der Waals surface area contributed by atoms with Gasteiger partial charge in [-0.3, -0.25) is 9.59 Å². The van der Waals surface area contributed by atoms with E-state index in [-0.39, 0.29) is 36.8 Å². The smallest absolute Gasteiger partial charge is 0.258 e. The normalized spacial score (nSPS) is 10.7. The topological polar surface area (TPSA) is 91.2 Å². The van der Waals surface area contributed by atoms with Gasteiger partial charge in [-0.25, -0.2) is 0 Å². The van der Waals surface area contributed by atoms with Crippen LogP contribution in [0, 0.1) is 18.3 Å². The van der Waals surface area contributed by atoms with Crippen LogP contribution in [0.1, 0.15) is 43.9 Å². The molecule has 0 aliphatic rings. The lowest BCUT2D eigenvalue weighted by Crippen LogP contribution is -2.29. The molecule has 0 bridgehead atoms. The minimum absolute atomic E-state index is 0.0988. The van der Waals surface area contributed by atoms with Gasteiger partial charge in [-0.1, -0.05) is 56.7 Å². The molecule has 0 aliphatic carbocycles. The van der Waals surface area contributed by atoms with Gasteiger partial charge in [-0.05, 0) is 35.6 Å². The van der Waals surface area contributed by atoms with Crippen LogP contribution in [0.25, 0.3) is 0 Å². The number of anilines is 1. The van der Waals surface area contributed by atoms with Crippen molar-refractivity contribution in [2.24, 2.45) is 0 Å². The van der Waals surface area contributed by atoms with E-state index in [1.54, 1.807) is 18.2 Å². The van der Waals surface area contributed by atoms with Crippen LogP contribution in [-0.2, 0) is 21.5 Å². The zero-order valence-electron chi connectivity index (χ0n) is 17.3. The Labute approximate surface area is 171 Å². The third kappa shape index (κ3) is 6.65. The van der Waals surface area contributed by atoms with Crippen LogP contribution in [0.4, 0.5) is 5.69 Å². The fraction of sp³-hybridized carbons (Fsp3) is 0.348. The maximum absolute atomic E-state index is 12.3. The van der Waals surface area contributed by atoms with Crippen molar-refractivity contribution in [1.82, 2.24) is 5.32 Å². The van der Waals surface area contributed by atoms with E-state index in [1.165, 1.54) is 0 Å². The first kappa shape index (κ1) is 22.0. The molecule has 0 atom stereocenters. The minimum atomic E-state index is -0.385. The standard InChI is InChI=1S/C23H27N3O3/c1-16-9-10-20(18(13-16)23(2,3)4)29-15-22(28)25-14-17-7-5-6-8-19(17)26-21(27)11-12-24/h5-10,13H,11,14-15H2,1-4H3,(H,25,28)(H,26,27). The van der Waals surface area contributed by atoms with Crippen molar-refractivity contribution in [3.05, 3.63) is 59.2 Å². The van der Waals surface area contributed by atoms with Crippen molar-refractivity contribution in [3.63, 3.8) is 0 Å². The van der Waals surface area contributed by atoms with Gasteiger partial charge < -0.3 is 15.4 Å². The molecule has 0 radical (unpaired) electrons. The lowest BCUT2D eigenvalue weighted by molar-refractivity contribution is -0.123. The quantitative estimate of drug-likeness (QED) is 0.748. The maximum atomic E-state index is 12.3. The molecule has 2 aromatic carbocycles. The Bertz CT molecular complexity index is 924. The molecule has 0 fully saturated rings. The number of para-hydroxylation sites is 1. The fourth-order valence-corrected chi connectivity index (χ4v) is 2.81. The molecule has 2 N–H and O–H groups in total. The second-order valence-corrected chi connectivity index (χ2v) is 7.86. The minimum Gasteiger partial charge on any atom is -0.483 e. The molecule has 0 spiro atoms. The predicted molar refractivity (Wildman–Crippen MR) is 113 cm³/mol. The van der Waals surface area contributed by atoms with Crippen LogP contribution in [-0.4, -0.2) is 18.4 Å². The van der Waals surface area contributed by atoms with Crippen LogP contribution in [0.3, 0.4) is 0 Å². The van der Waals surface area contributed by atoms with Crippen LogP contribution in [0.5, 0.6) is 5.75 Å². The highest BCUT2D eigenvalue weighted by Crippen LogP contribution is 2.32. The largest absolute Gasteiger partial charge is 0.483 e. The molecule has 2 rings (SSSR count). The summed E-state index contributed by atoms with van der Waals surface area (Å²) in [6, 6.07) is 14.9. The Morgan fingerprint density at radius 2 is 1.83 bits per heavy atom. The number of nitriles is 1. The highest BCUT2D eigenvalue weighted by atomic mass is 16.5. The summed E-state index contributed by atoms with van der Waals surface area (Å²) in [5, 5.41) is 14.1. The Balaban J connectivity index is 1.97. The lowest BCUT2D eigenvalue weighted by atomic mass is 9.85. The summed E-state index contributed by atoms with van der Waals surface area (Å²) in [6.07, 6.45) is -0.221. The number of carbonyl (C=O) groups is 2. The van der Waals surface area contributed by atoms with Gasteiger partial charge in [0.25, 0.3) is 5.91 Å². The van der Waals surface area contributed by atoms with E-state index in [9.17, 15) is 9.59 Å². The van der Waals surface area contributed by atoms with Crippen molar-refractivity contribution < 1.29 is 14.3 Å². The van der Waals surface area contributed by atoms with Gasteiger partial charge in [0.1, 0.15) is 12.2 Å². The first-order valence-electron chi connectivity index (χ1n) is 9.46. The summed E-state index contributed by atoms with van der Waals surface area (Å²) >= 11 is 0. The summed E-state index contributed by atoms with van der Waals surface area (Å²) < 4.78 is 5.78. The summed E-state index contributed by atoms with van der Waals surface area (Å²) in [4.78, 5) is 23.9. The monoisotopic (exact) mass is 393 g/mol. The molecule has 29 heavy (non-hydrogen) atoms. The number of nitrogens with one attached hydrogen (secondary N) is 2. The number of rotatable bonds is 7. The highest BCUT2D eigenvalue weighted by Gasteiger charge is 2.19. The van der Waals surface area contributed by atoms with Crippen molar-refractivity contribution in [1.29, 1.82) is 5.26 Å². The molecular weight excluding hydrogens is 366 g/mol. The third-order valence-corrected chi connectivity index (χ3v) is 4.31. The van der Waals surface area contributed by atoms with Crippen LogP contribution < -0.4 is 15.4 Å². The predicted octanol–water partition coefficient (Wildman–Crippen LogP) is 3.84. The van der Waals surface area contributed by atoms with Gasteiger partial charge in [0.05, 0.1) is 6.07 Å². The fourth-order valence-electron chi connectivity index (χ4n) is 2.81. The molecule has 2 amide bonds. The number of amides is 2. The van der Waals surface area contributed by atoms with E-state index in [2.05, 4.69) is 37.5 Å². The molecule has 0 saturated heterocycles. The molecule has 0 saturated carbocycles. The highest BCUT2D eigenvalue weighted by molar-refractivity contribution is 5.92. The van der Waals surface area contributed by atoms with Gasteiger partial charge in [0.15, 0.2) is 6.61 Å². The van der Waals surface area contributed by atoms with Crippen molar-refractivity contribution in [3.8, 4) is 11.8 Å². The zero-order valence-corrected chi connectivity index (χ0v) is 17.3. The SMILES string of the molecule is Cc1ccc(OCC(=O)NCc2ccccc2NC(=O)CC#N)c(C(C)(C)C)c1. The van der Waals surface area contributed by atoms with E-state index >= 15 is 0 Å². The second-order valence-electron chi connectivity index (χ2n) is 7.86. The summed E-state index contributed by atoms with van der Waals surface area (Å²) in [6.45, 7) is 8.48. The van der Waals surface area contributed by atoms with Crippen molar-refractivity contribution in [2.45, 2.75) is 46.1 Å². The van der Waals surface area contributed by atoms with Crippen LogP contribution >= 0.6 is 0 Å². The molecule has 152 valence electrons. The van der Waals surface area contributed by atoms with Gasteiger partial charge in [-0.2, -0.15) is 5.26 Å². The second kappa shape index (κ2) is 9.74. The number of benzene rings is 2. The molecular formula is C23H27N3O3. The van der Waals surface area contributed by atoms with Crippen molar-refractivity contribution in [2.75, 3.05) is 11.9 Å². The Kier molecular flexibility index (Phi) is 7.38.